The average molecular weight is 1050 g/mol. The van der Waals surface area contributed by atoms with Crippen LogP contribution in [0, 0.1) is 13.8 Å². The molecule has 0 bridgehead atoms. The first-order chi connectivity index (χ1) is 34.1. The molecule has 2 atom stereocenters. The Morgan fingerprint density at radius 3 is 1.58 bits per heavy atom. The van der Waals surface area contributed by atoms with E-state index < -0.39 is 71.0 Å². The molecule has 8 aromatic carbocycles. The summed E-state index contributed by atoms with van der Waals surface area (Å²) in [6.07, 6.45) is 0.180. The van der Waals surface area contributed by atoms with Crippen molar-refractivity contribution < 1.29 is 66.8 Å². The summed E-state index contributed by atoms with van der Waals surface area (Å²) in [4.78, 5) is 12.2. The van der Waals surface area contributed by atoms with Crippen molar-refractivity contribution in [3.8, 4) is 23.0 Å². The van der Waals surface area contributed by atoms with Crippen molar-refractivity contribution >= 4 is 81.9 Å². The van der Waals surface area contributed by atoms with Crippen LogP contribution in [-0.4, -0.2) is 59.7 Å². The molecule has 0 aliphatic rings. The molecule has 0 saturated carbocycles. The van der Waals surface area contributed by atoms with Crippen LogP contribution >= 0.6 is 0 Å². The number of hydrogen-bond donors (Lipinski definition) is 8. The second-order valence-electron chi connectivity index (χ2n) is 17.0. The monoisotopic (exact) mass is 1050 g/mol. The molecule has 0 aromatic heterocycles. The number of fused-ring (bicyclic) bond motifs is 2. The molecule has 8 N–H and O–H groups in total. The Labute approximate surface area is 418 Å². The Morgan fingerprint density at radius 2 is 1.01 bits per heavy atom. The van der Waals surface area contributed by atoms with Crippen molar-refractivity contribution in [2.24, 2.45) is 0 Å². The van der Waals surface area contributed by atoms with Crippen LogP contribution in [0.2, 0.25) is 0 Å². The van der Waals surface area contributed by atoms with Gasteiger partial charge in [0, 0.05) is 52.2 Å². The number of carbonyl (C=O) groups is 1. The molecule has 72 heavy (non-hydrogen) atoms. The van der Waals surface area contributed by atoms with Crippen LogP contribution in [0.3, 0.4) is 0 Å². The Balaban J connectivity index is 1.05. The third kappa shape index (κ3) is 12.1. The number of carbonyl (C=O) groups excluding carboxylic acids is 1. The maximum Gasteiger partial charge on any atom is 0.357 e. The van der Waals surface area contributed by atoms with Crippen LogP contribution < -0.4 is 19.0 Å². The van der Waals surface area contributed by atoms with Crippen LogP contribution in [0.15, 0.2) is 143 Å². The van der Waals surface area contributed by atoms with Gasteiger partial charge in [0.15, 0.2) is 5.75 Å². The first kappa shape index (κ1) is 51.2. The maximum absolute atomic E-state index is 13.4. The van der Waals surface area contributed by atoms with Gasteiger partial charge in [0.05, 0.1) is 4.90 Å². The molecule has 8 rings (SSSR count). The molecule has 0 radical (unpaired) electrons. The van der Waals surface area contributed by atoms with E-state index in [0.717, 1.165) is 33.9 Å². The van der Waals surface area contributed by atoms with E-state index in [0.29, 0.717) is 24.0 Å². The Bertz CT molecular complexity index is 3720. The van der Waals surface area contributed by atoms with Gasteiger partial charge in [-0.2, -0.15) is 25.3 Å². The van der Waals surface area contributed by atoms with Gasteiger partial charge < -0.3 is 29.2 Å². The number of hydrogen-bond acceptors (Lipinski definition) is 11. The molecule has 21 heteroatoms. The minimum atomic E-state index is -5.02. The van der Waals surface area contributed by atoms with Crippen molar-refractivity contribution in [3.05, 3.63) is 189 Å². The molecule has 0 heterocycles. The normalized spacial score (nSPS) is 12.6. The number of urea groups is 1. The number of nitrogens with one attached hydrogen (secondary N) is 2. The average Bonchev–Trinajstić information content (AvgIpc) is 3.30. The van der Waals surface area contributed by atoms with E-state index in [2.05, 4.69) is 10.6 Å². The lowest BCUT2D eigenvalue weighted by Crippen LogP contribution is -2.19. The molecular formula is C51H44N2O15S4. The van der Waals surface area contributed by atoms with Gasteiger partial charge in [0.1, 0.15) is 22.1 Å². The topological polar surface area (TPSA) is 283 Å². The van der Waals surface area contributed by atoms with Gasteiger partial charge in [-0.25, -0.2) is 4.79 Å². The van der Waals surface area contributed by atoms with Crippen LogP contribution in [0.25, 0.3) is 21.5 Å². The number of benzene rings is 8. The second-order valence-corrected chi connectivity index (χ2v) is 20.9. The van der Waals surface area contributed by atoms with Gasteiger partial charge in [0.25, 0.3) is 20.2 Å². The quantitative estimate of drug-likeness (QED) is 0.0330. The van der Waals surface area contributed by atoms with Gasteiger partial charge >= 0.3 is 28.8 Å². The van der Waals surface area contributed by atoms with Gasteiger partial charge in [-0.15, -0.1) is 0 Å². The Hall–Kier alpha value is -7.21. The second kappa shape index (κ2) is 20.9. The molecule has 0 aliphatic carbocycles. The van der Waals surface area contributed by atoms with E-state index in [4.69, 9.17) is 8.37 Å². The summed E-state index contributed by atoms with van der Waals surface area (Å²) in [6, 6.07) is 34.5. The summed E-state index contributed by atoms with van der Waals surface area (Å²) in [5, 5.41) is 28.5. The van der Waals surface area contributed by atoms with Crippen molar-refractivity contribution in [2.75, 3.05) is 10.6 Å². The van der Waals surface area contributed by atoms with Crippen LogP contribution in [0.5, 0.6) is 23.0 Å². The van der Waals surface area contributed by atoms with Crippen molar-refractivity contribution in [1.82, 2.24) is 0 Å². The number of aryl methyl sites for hydroxylation is 2. The minimum absolute atomic E-state index is 0.00637. The summed E-state index contributed by atoms with van der Waals surface area (Å²) in [6.45, 7) is 3.89. The predicted octanol–water partition coefficient (Wildman–Crippen LogP) is 9.55. The van der Waals surface area contributed by atoms with Crippen LogP contribution in [-0.2, 0) is 68.6 Å². The largest absolute Gasteiger partial charge is 0.507 e. The third-order valence-corrected chi connectivity index (χ3v) is 14.3. The van der Waals surface area contributed by atoms with Crippen LogP contribution in [0.4, 0.5) is 16.2 Å². The molecular weight excluding hydrogens is 1010 g/mol. The molecule has 0 aliphatic heterocycles. The van der Waals surface area contributed by atoms with E-state index in [9.17, 15) is 58.5 Å². The fourth-order valence-electron chi connectivity index (χ4n) is 8.40. The molecule has 0 spiro atoms. The smallest absolute Gasteiger partial charge is 0.357 e. The van der Waals surface area contributed by atoms with E-state index >= 15 is 0 Å². The van der Waals surface area contributed by atoms with E-state index in [1.54, 1.807) is 24.3 Å². The molecule has 2 amide bonds. The zero-order valence-corrected chi connectivity index (χ0v) is 41.3. The highest BCUT2D eigenvalue weighted by molar-refractivity contribution is 7.86. The third-order valence-electron chi connectivity index (χ3n) is 11.8. The van der Waals surface area contributed by atoms with Gasteiger partial charge in [-0.1, -0.05) is 90.0 Å². The highest BCUT2D eigenvalue weighted by atomic mass is 32.2. The standard InChI is InChI=1S/C51H44N2O15S4/c1-29-3-7-31(8-4-29)19-33-11-13-35(46(21-33)67-69(57)58)24-44-47(68-70(59)60)26-37-23-38(15-17-40(37)50(44)55)52-51(56)53-39-16-18-41-42(27-39)45(54)28-49(72(64,65)66)43(41)25-36-14-12-34(22-48(36)71(61,62)63)20-32-9-5-30(2)6-10-32/h3-18,21-23,26-28,54-55H,19-20,24-25H2,1-2H3,(H,57,58)(H,59,60)(H2,52,53,56)(H,61,62,63)(H,64,65,66). The minimum Gasteiger partial charge on any atom is -0.507 e. The molecule has 372 valence electrons. The molecule has 2 unspecified atom stereocenters. The first-order valence-corrected chi connectivity index (χ1v) is 26.6. The Morgan fingerprint density at radius 1 is 0.514 bits per heavy atom. The fraction of sp³-hybridized carbons (Fsp3) is 0.118. The molecule has 8 aromatic rings. The fourth-order valence-corrected chi connectivity index (χ4v) is 10.5. The number of phenols is 2. The van der Waals surface area contributed by atoms with Gasteiger partial charge in [-0.3, -0.25) is 18.2 Å². The summed E-state index contributed by atoms with van der Waals surface area (Å²) >= 11 is -5.58. The molecule has 17 nitrogen and oxygen atoms in total. The van der Waals surface area contributed by atoms with E-state index in [1.165, 1.54) is 54.6 Å². The summed E-state index contributed by atoms with van der Waals surface area (Å²) in [5.41, 5.74) is 5.79. The zero-order chi connectivity index (χ0) is 51.6. The van der Waals surface area contributed by atoms with Crippen molar-refractivity contribution in [1.29, 1.82) is 0 Å². The molecule has 0 fully saturated rings. The highest BCUT2D eigenvalue weighted by Crippen LogP contribution is 2.41. The number of rotatable bonds is 16. The number of phenolic OH excluding ortho intramolecular Hbond substituents is 2. The van der Waals surface area contributed by atoms with E-state index in [-0.39, 0.29) is 73.3 Å². The zero-order valence-electron chi connectivity index (χ0n) is 38.0. The lowest BCUT2D eigenvalue weighted by atomic mass is 9.95. The lowest BCUT2D eigenvalue weighted by molar-refractivity contribution is 0.262. The number of anilines is 2. The highest BCUT2D eigenvalue weighted by Gasteiger charge is 2.26. The van der Waals surface area contributed by atoms with Crippen molar-refractivity contribution in [3.63, 3.8) is 0 Å². The number of aromatic hydroxyl groups is 2. The van der Waals surface area contributed by atoms with Crippen LogP contribution in [0.1, 0.15) is 55.6 Å². The van der Waals surface area contributed by atoms with Gasteiger partial charge in [0.2, 0.25) is 0 Å². The predicted molar refractivity (Wildman–Crippen MR) is 273 cm³/mol. The summed E-state index contributed by atoms with van der Waals surface area (Å²) < 4.78 is 125. The van der Waals surface area contributed by atoms with Gasteiger partial charge in [-0.05, 0) is 119 Å². The Kier molecular flexibility index (Phi) is 14.8. The molecule has 0 saturated heterocycles. The van der Waals surface area contributed by atoms with E-state index in [1.807, 2.05) is 62.4 Å². The summed E-state index contributed by atoms with van der Waals surface area (Å²) in [7, 11) is -9.88. The summed E-state index contributed by atoms with van der Waals surface area (Å²) in [5.74, 6) is -1.16. The SMILES string of the molecule is Cc1ccc(Cc2ccc(Cc3c(OS(=O)O)cc4cc(NC(=O)Nc5ccc6c(Cc7ccc(Cc8ccc(C)cc8)cc7S(=O)(=O)O)c(S(=O)(=O)O)cc(O)c6c5)ccc4c3O)c(OS(=O)O)c2)cc1. The first-order valence-electron chi connectivity index (χ1n) is 21.6. The maximum atomic E-state index is 13.4. The van der Waals surface area contributed by atoms with Crippen molar-refractivity contribution in [2.45, 2.75) is 49.3 Å². The number of amides is 2. The lowest BCUT2D eigenvalue weighted by Gasteiger charge is -2.17.